The Balaban J connectivity index is 1.57. The van der Waals surface area contributed by atoms with Gasteiger partial charge in [0.05, 0.1) is 12.0 Å². The molecule has 2 aromatic carbocycles. The van der Waals surface area contributed by atoms with Crippen molar-refractivity contribution < 1.29 is 24.0 Å². The summed E-state index contributed by atoms with van der Waals surface area (Å²) >= 11 is 0. The van der Waals surface area contributed by atoms with Crippen LogP contribution in [0.25, 0.3) is 0 Å². The number of hydrogen-bond donors (Lipinski definition) is 0. The zero-order chi connectivity index (χ0) is 19.3. The Labute approximate surface area is 162 Å². The lowest BCUT2D eigenvalue weighted by Crippen LogP contribution is -2.49. The lowest BCUT2D eigenvalue weighted by atomic mass is 9.71. The molecule has 0 aromatic heterocycles. The molecule has 0 radical (unpaired) electrons. The van der Waals surface area contributed by atoms with Gasteiger partial charge in [0.15, 0.2) is 24.0 Å². The molecule has 2 aliphatic heterocycles. The summed E-state index contributed by atoms with van der Waals surface area (Å²) in [5.41, 5.74) is 1.97. The monoisotopic (exact) mass is 379 g/mol. The van der Waals surface area contributed by atoms with E-state index in [1.165, 1.54) is 5.23 Å². The first kappa shape index (κ1) is 17.7. The number of fused-ring (bicyclic) bond motifs is 4. The third-order valence-corrected chi connectivity index (χ3v) is 5.83. The molecule has 0 amide bonds. The van der Waals surface area contributed by atoms with Crippen molar-refractivity contribution in [1.82, 2.24) is 5.23 Å². The summed E-state index contributed by atoms with van der Waals surface area (Å²) < 4.78 is 5.70. The molecular formula is C22H21NO5. The normalized spacial score (nSPS) is 32.0. The van der Waals surface area contributed by atoms with Crippen molar-refractivity contribution in [2.45, 2.75) is 37.7 Å². The molecule has 2 heterocycles. The van der Waals surface area contributed by atoms with Crippen molar-refractivity contribution in [3.63, 3.8) is 0 Å². The predicted molar refractivity (Wildman–Crippen MR) is 99.4 cm³/mol. The molecule has 5 rings (SSSR count). The van der Waals surface area contributed by atoms with Crippen LogP contribution >= 0.6 is 0 Å². The molecule has 28 heavy (non-hydrogen) atoms. The topological polar surface area (TPSA) is 65.1 Å². The smallest absolute Gasteiger partial charge is 0.195 e. The van der Waals surface area contributed by atoms with E-state index in [-0.39, 0.29) is 23.5 Å². The highest BCUT2D eigenvalue weighted by Gasteiger charge is 2.59. The average Bonchev–Trinajstić information content (AvgIpc) is 3.12. The van der Waals surface area contributed by atoms with Crippen LogP contribution in [0, 0.1) is 5.92 Å². The van der Waals surface area contributed by atoms with Crippen molar-refractivity contribution in [2.75, 3.05) is 6.61 Å². The third-order valence-electron chi connectivity index (χ3n) is 5.83. The van der Waals surface area contributed by atoms with Gasteiger partial charge >= 0.3 is 0 Å². The summed E-state index contributed by atoms with van der Waals surface area (Å²) in [7, 11) is 0. The van der Waals surface area contributed by atoms with E-state index in [0.29, 0.717) is 24.2 Å². The van der Waals surface area contributed by atoms with Gasteiger partial charge in [-0.05, 0) is 12.5 Å². The maximum absolute atomic E-state index is 13.3. The quantitative estimate of drug-likeness (QED) is 0.816. The van der Waals surface area contributed by atoms with E-state index in [9.17, 15) is 9.59 Å². The Bertz CT molecular complexity index is 914. The van der Waals surface area contributed by atoms with Gasteiger partial charge in [-0.25, -0.2) is 4.84 Å². The zero-order valence-electron chi connectivity index (χ0n) is 15.5. The number of ether oxygens (including phenoxy) is 1. The largest absolute Gasteiger partial charge is 0.351 e. The number of rotatable bonds is 3. The van der Waals surface area contributed by atoms with E-state index in [4.69, 9.17) is 14.4 Å². The molecule has 2 aromatic rings. The fraction of sp³-hybridized carbons (Fsp3) is 0.364. The molecule has 6 nitrogen and oxygen atoms in total. The number of hydroxylamine groups is 2. The van der Waals surface area contributed by atoms with Gasteiger partial charge < -0.3 is 4.74 Å². The number of hydrogen-bond acceptors (Lipinski definition) is 6. The molecular weight excluding hydrogens is 358 g/mol. The van der Waals surface area contributed by atoms with E-state index in [1.807, 2.05) is 37.3 Å². The van der Waals surface area contributed by atoms with Crippen molar-refractivity contribution in [3.8, 4) is 0 Å². The molecule has 144 valence electrons. The van der Waals surface area contributed by atoms with Crippen LogP contribution in [-0.2, 0) is 14.4 Å². The van der Waals surface area contributed by atoms with E-state index in [1.54, 1.807) is 24.3 Å². The third kappa shape index (κ3) is 2.64. The number of nitrogens with zero attached hydrogens (tertiary/aromatic N) is 1. The summed E-state index contributed by atoms with van der Waals surface area (Å²) in [5, 5.41) is 1.36. The standard InChI is InChI=1S/C22H21NO5/c1-2-26-17-12-16(13-8-4-3-5-9-13)19-18-20(24)14-10-6-7-11-15(14)21(25)22(18)28-23(19)27-17/h3-11,16-19,22H,2,12H2,1H3/t16-,17+,18-,19+,22-/m1/s1. The van der Waals surface area contributed by atoms with Crippen LogP contribution in [0.5, 0.6) is 0 Å². The molecule has 2 saturated heterocycles. The van der Waals surface area contributed by atoms with Gasteiger partial charge in [-0.2, -0.15) is 0 Å². The van der Waals surface area contributed by atoms with Gasteiger partial charge in [0, 0.05) is 30.1 Å². The first-order chi connectivity index (χ1) is 13.7. The van der Waals surface area contributed by atoms with Gasteiger partial charge in [0.1, 0.15) is 0 Å². The summed E-state index contributed by atoms with van der Waals surface area (Å²) in [5.74, 6) is -0.885. The Morgan fingerprint density at radius 2 is 1.64 bits per heavy atom. The number of benzene rings is 2. The Hall–Kier alpha value is -2.38. The van der Waals surface area contributed by atoms with E-state index >= 15 is 0 Å². The van der Waals surface area contributed by atoms with E-state index in [0.717, 1.165) is 5.56 Å². The molecule has 5 atom stereocenters. The Morgan fingerprint density at radius 3 is 2.36 bits per heavy atom. The maximum Gasteiger partial charge on any atom is 0.195 e. The zero-order valence-corrected chi connectivity index (χ0v) is 15.5. The second-order valence-corrected chi connectivity index (χ2v) is 7.35. The minimum atomic E-state index is -0.862. The second kappa shape index (κ2) is 6.90. The van der Waals surface area contributed by atoms with Crippen LogP contribution in [0.1, 0.15) is 45.5 Å². The van der Waals surface area contributed by atoms with Crippen LogP contribution in [0.3, 0.4) is 0 Å². The molecule has 0 unspecified atom stereocenters. The van der Waals surface area contributed by atoms with Crippen molar-refractivity contribution >= 4 is 11.6 Å². The molecule has 3 aliphatic rings. The minimum Gasteiger partial charge on any atom is -0.351 e. The van der Waals surface area contributed by atoms with Gasteiger partial charge in [-0.1, -0.05) is 59.8 Å². The fourth-order valence-corrected chi connectivity index (χ4v) is 4.62. The van der Waals surface area contributed by atoms with Crippen LogP contribution in [0.4, 0.5) is 0 Å². The summed E-state index contributed by atoms with van der Waals surface area (Å²) in [6, 6.07) is 16.6. The highest BCUT2D eigenvalue weighted by atomic mass is 17.0. The molecule has 6 heteroatoms. The second-order valence-electron chi connectivity index (χ2n) is 7.35. The van der Waals surface area contributed by atoms with E-state index < -0.39 is 18.3 Å². The predicted octanol–water partition coefficient (Wildman–Crippen LogP) is 3.15. The number of carbonyl (C=O) groups is 2. The van der Waals surface area contributed by atoms with Crippen molar-refractivity contribution in [3.05, 3.63) is 71.3 Å². The fourth-order valence-electron chi connectivity index (χ4n) is 4.62. The molecule has 0 bridgehead atoms. The first-order valence-corrected chi connectivity index (χ1v) is 9.66. The van der Waals surface area contributed by atoms with Crippen LogP contribution in [0.2, 0.25) is 0 Å². The van der Waals surface area contributed by atoms with Crippen molar-refractivity contribution in [1.29, 1.82) is 0 Å². The van der Waals surface area contributed by atoms with Crippen LogP contribution in [-0.4, -0.2) is 41.8 Å². The average molecular weight is 379 g/mol. The molecule has 0 N–H and O–H groups in total. The lowest BCUT2D eigenvalue weighted by molar-refractivity contribution is -0.434. The molecule has 0 saturated carbocycles. The molecule has 1 aliphatic carbocycles. The highest BCUT2D eigenvalue weighted by Crippen LogP contribution is 2.47. The van der Waals surface area contributed by atoms with Gasteiger partial charge in [0.2, 0.25) is 0 Å². The Morgan fingerprint density at radius 1 is 0.964 bits per heavy atom. The Kier molecular flexibility index (Phi) is 4.36. The van der Waals surface area contributed by atoms with Crippen LogP contribution in [0.15, 0.2) is 54.6 Å². The molecule has 2 fully saturated rings. The SMILES string of the molecule is CCO[C@@H]1C[C@H](c2ccccc2)[C@H]2[C@@H]3C(=O)c4ccccc4C(=O)[C@@H]3ON2O1. The first-order valence-electron chi connectivity index (χ1n) is 9.66. The van der Waals surface area contributed by atoms with Gasteiger partial charge in [0.25, 0.3) is 0 Å². The maximum atomic E-state index is 13.3. The lowest BCUT2D eigenvalue weighted by Gasteiger charge is -2.40. The summed E-state index contributed by atoms with van der Waals surface area (Å²) in [6.45, 7) is 2.40. The number of Topliss-reactive ketones (excluding diaryl/α,β-unsaturated/α-hetero) is 2. The molecule has 0 spiro atoms. The summed E-state index contributed by atoms with van der Waals surface area (Å²) in [6.07, 6.45) is -0.757. The highest BCUT2D eigenvalue weighted by molar-refractivity contribution is 6.17. The number of carbonyl (C=O) groups excluding carboxylic acids is 2. The summed E-state index contributed by atoms with van der Waals surface area (Å²) in [4.78, 5) is 38.2. The number of ketones is 2. The van der Waals surface area contributed by atoms with E-state index in [2.05, 4.69) is 0 Å². The minimum absolute atomic E-state index is 0.0523. The van der Waals surface area contributed by atoms with Gasteiger partial charge in [-0.15, -0.1) is 0 Å². The van der Waals surface area contributed by atoms with Gasteiger partial charge in [-0.3, -0.25) is 14.4 Å². The van der Waals surface area contributed by atoms with Crippen LogP contribution < -0.4 is 0 Å². The van der Waals surface area contributed by atoms with Crippen molar-refractivity contribution in [2.24, 2.45) is 5.92 Å².